The molecule has 0 aromatic heterocycles. The van der Waals surface area contributed by atoms with Crippen LogP contribution in [0.3, 0.4) is 0 Å². The quantitative estimate of drug-likeness (QED) is 0.772. The van der Waals surface area contributed by atoms with Crippen LogP contribution in [0.5, 0.6) is 0 Å². The summed E-state index contributed by atoms with van der Waals surface area (Å²) in [6, 6.07) is 7.06. The third kappa shape index (κ3) is 2.72. The third-order valence-corrected chi connectivity index (χ3v) is 2.64. The predicted octanol–water partition coefficient (Wildman–Crippen LogP) is 3.43. The Labute approximate surface area is 84.3 Å². The second kappa shape index (κ2) is 3.99. The van der Waals surface area contributed by atoms with E-state index >= 15 is 0 Å². The molecule has 0 amide bonds. The van der Waals surface area contributed by atoms with Crippen LogP contribution in [-0.2, 0) is 0 Å². The molecule has 0 radical (unpaired) electrons. The zero-order chi connectivity index (χ0) is 9.97. The topological polar surface area (TPSA) is 12.0 Å². The number of anilines is 1. The lowest BCUT2D eigenvalue weighted by Crippen LogP contribution is -2.15. The van der Waals surface area contributed by atoms with E-state index in [0.717, 1.165) is 11.6 Å². The van der Waals surface area contributed by atoms with E-state index in [1.54, 1.807) is 12.1 Å². The second-order valence-electron chi connectivity index (χ2n) is 4.23. The first-order valence-corrected chi connectivity index (χ1v) is 5.26. The first-order chi connectivity index (χ1) is 6.74. The van der Waals surface area contributed by atoms with Crippen LogP contribution >= 0.6 is 0 Å². The van der Waals surface area contributed by atoms with Gasteiger partial charge >= 0.3 is 0 Å². The fourth-order valence-electron chi connectivity index (χ4n) is 1.74. The van der Waals surface area contributed by atoms with E-state index in [1.807, 2.05) is 0 Å². The molecule has 1 unspecified atom stereocenters. The Hall–Kier alpha value is -1.05. The molecule has 0 bridgehead atoms. The number of hydrogen-bond donors (Lipinski definition) is 1. The van der Waals surface area contributed by atoms with Crippen LogP contribution in [0.15, 0.2) is 24.3 Å². The van der Waals surface area contributed by atoms with Crippen molar-refractivity contribution in [3.8, 4) is 0 Å². The van der Waals surface area contributed by atoms with Gasteiger partial charge in [0.05, 0.1) is 0 Å². The minimum atomic E-state index is -0.176. The van der Waals surface area contributed by atoms with E-state index in [2.05, 4.69) is 12.2 Å². The van der Waals surface area contributed by atoms with Crippen molar-refractivity contribution in [3.63, 3.8) is 0 Å². The highest BCUT2D eigenvalue weighted by atomic mass is 19.1. The molecule has 1 aliphatic rings. The highest BCUT2D eigenvalue weighted by Gasteiger charge is 2.23. The summed E-state index contributed by atoms with van der Waals surface area (Å²) in [4.78, 5) is 0. The van der Waals surface area contributed by atoms with Gasteiger partial charge in [-0.15, -0.1) is 0 Å². The van der Waals surface area contributed by atoms with Crippen LogP contribution < -0.4 is 5.32 Å². The minimum absolute atomic E-state index is 0.176. The van der Waals surface area contributed by atoms with E-state index in [4.69, 9.17) is 0 Å². The lowest BCUT2D eigenvalue weighted by molar-refractivity contribution is 0.626. The minimum Gasteiger partial charge on any atom is -0.383 e. The lowest BCUT2D eigenvalue weighted by Gasteiger charge is -2.14. The molecule has 76 valence electrons. The molecule has 1 N–H and O–H groups in total. The van der Waals surface area contributed by atoms with Crippen molar-refractivity contribution in [1.29, 1.82) is 0 Å². The van der Waals surface area contributed by atoms with E-state index in [1.165, 1.54) is 31.4 Å². The van der Waals surface area contributed by atoms with E-state index in [0.29, 0.717) is 6.04 Å². The molecule has 0 aliphatic heterocycles. The smallest absolute Gasteiger partial charge is 0.123 e. The van der Waals surface area contributed by atoms with Gasteiger partial charge in [-0.25, -0.2) is 4.39 Å². The summed E-state index contributed by atoms with van der Waals surface area (Å²) in [6.07, 6.45) is 4.00. The number of nitrogens with one attached hydrogen (secondary N) is 1. The molecule has 0 heterocycles. The molecule has 0 saturated heterocycles. The fraction of sp³-hybridized carbons (Fsp3) is 0.500. The molecular weight excluding hydrogens is 177 g/mol. The maximum Gasteiger partial charge on any atom is 0.123 e. The first-order valence-electron chi connectivity index (χ1n) is 5.26. The third-order valence-electron chi connectivity index (χ3n) is 2.64. The molecule has 14 heavy (non-hydrogen) atoms. The number of benzene rings is 1. The van der Waals surface area contributed by atoms with Crippen LogP contribution in [0.25, 0.3) is 0 Å². The summed E-state index contributed by atoms with van der Waals surface area (Å²) >= 11 is 0. The van der Waals surface area contributed by atoms with Crippen molar-refractivity contribution >= 4 is 5.69 Å². The van der Waals surface area contributed by atoms with E-state index < -0.39 is 0 Å². The molecule has 1 nitrogen and oxygen atoms in total. The Balaban J connectivity index is 1.85. The van der Waals surface area contributed by atoms with Crippen LogP contribution in [-0.4, -0.2) is 6.04 Å². The van der Waals surface area contributed by atoms with E-state index in [9.17, 15) is 4.39 Å². The zero-order valence-corrected chi connectivity index (χ0v) is 8.46. The summed E-state index contributed by atoms with van der Waals surface area (Å²) in [5.41, 5.74) is 1.01. The molecule has 1 aliphatic carbocycles. The summed E-state index contributed by atoms with van der Waals surface area (Å²) in [7, 11) is 0. The van der Waals surface area contributed by atoms with Crippen molar-refractivity contribution in [2.75, 3.05) is 5.32 Å². The van der Waals surface area contributed by atoms with Crippen molar-refractivity contribution in [2.24, 2.45) is 5.92 Å². The summed E-state index contributed by atoms with van der Waals surface area (Å²) in [6.45, 7) is 2.18. The Kier molecular flexibility index (Phi) is 2.71. The zero-order valence-electron chi connectivity index (χ0n) is 8.46. The summed E-state index contributed by atoms with van der Waals surface area (Å²) < 4.78 is 12.6. The molecule has 2 rings (SSSR count). The van der Waals surface area contributed by atoms with Gasteiger partial charge in [0, 0.05) is 11.7 Å². The summed E-state index contributed by atoms with van der Waals surface area (Å²) in [5, 5.41) is 3.37. The fourth-order valence-corrected chi connectivity index (χ4v) is 1.74. The van der Waals surface area contributed by atoms with Gasteiger partial charge in [-0.1, -0.05) is 12.8 Å². The van der Waals surface area contributed by atoms with Crippen LogP contribution in [0, 0.1) is 11.7 Å². The normalized spacial score (nSPS) is 17.9. The Morgan fingerprint density at radius 3 is 2.57 bits per heavy atom. The van der Waals surface area contributed by atoms with Gasteiger partial charge in [-0.05, 0) is 43.5 Å². The van der Waals surface area contributed by atoms with Crippen LogP contribution in [0.2, 0.25) is 0 Å². The number of halogens is 1. The van der Waals surface area contributed by atoms with Gasteiger partial charge in [-0.2, -0.15) is 0 Å². The van der Waals surface area contributed by atoms with Gasteiger partial charge in [0.1, 0.15) is 5.82 Å². The maximum atomic E-state index is 12.6. The van der Waals surface area contributed by atoms with Crippen molar-refractivity contribution in [2.45, 2.75) is 32.2 Å². The van der Waals surface area contributed by atoms with Gasteiger partial charge < -0.3 is 5.32 Å². The second-order valence-corrected chi connectivity index (χ2v) is 4.23. The van der Waals surface area contributed by atoms with Gasteiger partial charge in [-0.3, -0.25) is 0 Å². The molecule has 1 aromatic carbocycles. The van der Waals surface area contributed by atoms with Gasteiger partial charge in [0.2, 0.25) is 0 Å². The van der Waals surface area contributed by atoms with Gasteiger partial charge in [0.25, 0.3) is 0 Å². The molecule has 0 spiro atoms. The highest BCUT2D eigenvalue weighted by Crippen LogP contribution is 2.34. The standard InChI is InChI=1S/C12H16FN/c1-9(8-10-2-3-10)14-12-6-4-11(13)5-7-12/h4-7,9-10,14H,2-3,8H2,1H3. The average Bonchev–Trinajstić information content (AvgIpc) is 2.93. The van der Waals surface area contributed by atoms with Gasteiger partial charge in [0.15, 0.2) is 0 Å². The summed E-state index contributed by atoms with van der Waals surface area (Å²) in [5.74, 6) is 0.753. The Morgan fingerprint density at radius 2 is 2.00 bits per heavy atom. The predicted molar refractivity (Wildman–Crippen MR) is 56.8 cm³/mol. The Bertz CT molecular complexity index is 290. The highest BCUT2D eigenvalue weighted by molar-refractivity contribution is 5.43. The maximum absolute atomic E-state index is 12.6. The molecular formula is C12H16FN. The van der Waals surface area contributed by atoms with Crippen LogP contribution in [0.1, 0.15) is 26.2 Å². The molecule has 2 heteroatoms. The molecule has 1 aromatic rings. The molecule has 1 saturated carbocycles. The van der Waals surface area contributed by atoms with Crippen molar-refractivity contribution in [1.82, 2.24) is 0 Å². The monoisotopic (exact) mass is 193 g/mol. The Morgan fingerprint density at radius 1 is 1.36 bits per heavy atom. The van der Waals surface area contributed by atoms with Crippen molar-refractivity contribution < 1.29 is 4.39 Å². The van der Waals surface area contributed by atoms with Crippen molar-refractivity contribution in [3.05, 3.63) is 30.1 Å². The number of hydrogen-bond acceptors (Lipinski definition) is 1. The molecule has 1 fully saturated rings. The lowest BCUT2D eigenvalue weighted by atomic mass is 10.1. The number of rotatable bonds is 4. The van der Waals surface area contributed by atoms with E-state index in [-0.39, 0.29) is 5.82 Å². The average molecular weight is 193 g/mol. The molecule has 1 atom stereocenters. The SMILES string of the molecule is CC(CC1CC1)Nc1ccc(F)cc1. The first kappa shape index (κ1) is 9.50. The largest absolute Gasteiger partial charge is 0.383 e. The van der Waals surface area contributed by atoms with Crippen LogP contribution in [0.4, 0.5) is 10.1 Å².